The Morgan fingerprint density at radius 1 is 1.21 bits per heavy atom. The average Bonchev–Trinajstić information content (AvgIpc) is 3.14. The van der Waals surface area contributed by atoms with Crippen LogP contribution in [0.5, 0.6) is 0 Å². The first-order valence-electron chi connectivity index (χ1n) is 12.0. The number of anilines is 1. The van der Waals surface area contributed by atoms with Gasteiger partial charge in [-0.2, -0.15) is 0 Å². The molecule has 3 heterocycles. The van der Waals surface area contributed by atoms with Crippen LogP contribution < -0.4 is 15.9 Å². The molecular formula is C24H32N6O4. The third-order valence-electron chi connectivity index (χ3n) is 6.14. The molecule has 34 heavy (non-hydrogen) atoms. The van der Waals surface area contributed by atoms with Crippen LogP contribution in [-0.2, 0) is 20.9 Å². The Morgan fingerprint density at radius 3 is 2.65 bits per heavy atom. The molecule has 0 aliphatic carbocycles. The van der Waals surface area contributed by atoms with Crippen molar-refractivity contribution in [3.8, 4) is 0 Å². The first-order valence-corrected chi connectivity index (χ1v) is 12.0. The molecular weight excluding hydrogens is 436 g/mol. The van der Waals surface area contributed by atoms with Gasteiger partial charge < -0.3 is 15.0 Å². The van der Waals surface area contributed by atoms with Crippen molar-refractivity contribution in [2.45, 2.75) is 46.6 Å². The third-order valence-corrected chi connectivity index (χ3v) is 6.14. The van der Waals surface area contributed by atoms with Gasteiger partial charge in [0.15, 0.2) is 5.82 Å². The van der Waals surface area contributed by atoms with Gasteiger partial charge in [-0.05, 0) is 44.2 Å². The van der Waals surface area contributed by atoms with E-state index in [1.165, 1.54) is 9.08 Å². The zero-order valence-corrected chi connectivity index (χ0v) is 20.0. The lowest BCUT2D eigenvalue weighted by atomic mass is 9.97. The number of benzene rings is 1. The van der Waals surface area contributed by atoms with Crippen molar-refractivity contribution in [1.29, 1.82) is 0 Å². The average molecular weight is 469 g/mol. The van der Waals surface area contributed by atoms with Gasteiger partial charge >= 0.3 is 11.7 Å². The molecule has 0 spiro atoms. The maximum Gasteiger partial charge on any atom is 0.351 e. The number of piperidine rings is 1. The normalized spacial score (nSPS) is 14.8. The zero-order chi connectivity index (χ0) is 24.2. The molecule has 4 rings (SSSR count). The van der Waals surface area contributed by atoms with Crippen molar-refractivity contribution >= 4 is 34.4 Å². The van der Waals surface area contributed by atoms with Gasteiger partial charge in [0.25, 0.3) is 0 Å². The number of fused-ring (bicyclic) bond motifs is 3. The number of para-hydroxylation sites is 2. The second-order valence-electron chi connectivity index (χ2n) is 9.07. The number of amides is 1. The molecule has 1 aromatic carbocycles. The molecule has 1 aliphatic heterocycles. The summed E-state index contributed by atoms with van der Waals surface area (Å²) in [6.07, 6.45) is 2.15. The van der Waals surface area contributed by atoms with Crippen LogP contribution in [0, 0.1) is 11.8 Å². The largest absolute Gasteiger partial charge is 0.466 e. The van der Waals surface area contributed by atoms with Crippen LogP contribution in [0.2, 0.25) is 0 Å². The van der Waals surface area contributed by atoms with Crippen molar-refractivity contribution in [3.05, 3.63) is 34.7 Å². The van der Waals surface area contributed by atoms with E-state index in [0.717, 1.165) is 6.42 Å². The topological polar surface area (TPSA) is 111 Å². The molecule has 10 heteroatoms. The Hall–Kier alpha value is -3.43. The number of rotatable bonds is 8. The van der Waals surface area contributed by atoms with Crippen LogP contribution >= 0.6 is 0 Å². The summed E-state index contributed by atoms with van der Waals surface area (Å²) in [5.41, 5.74) is 1.34. The maximum absolute atomic E-state index is 13.3. The van der Waals surface area contributed by atoms with Crippen LogP contribution in [0.15, 0.2) is 29.1 Å². The SMILES string of the molecule is CCOC(=O)C1CCN(c2nc3ccccc3n3c(=O)n(CC(=O)NCCC(C)C)nc23)CC1. The van der Waals surface area contributed by atoms with Crippen LogP contribution in [0.4, 0.5) is 5.82 Å². The molecule has 0 bridgehead atoms. The molecule has 3 aromatic rings. The van der Waals surface area contributed by atoms with Gasteiger partial charge in [-0.1, -0.05) is 26.0 Å². The first kappa shape index (κ1) is 23.7. The summed E-state index contributed by atoms with van der Waals surface area (Å²) in [6.45, 7) is 7.96. The van der Waals surface area contributed by atoms with Crippen LogP contribution in [0.3, 0.4) is 0 Å². The molecule has 1 N–H and O–H groups in total. The van der Waals surface area contributed by atoms with Crippen LogP contribution in [0.1, 0.15) is 40.0 Å². The van der Waals surface area contributed by atoms with Gasteiger partial charge in [0.2, 0.25) is 11.6 Å². The van der Waals surface area contributed by atoms with E-state index in [0.29, 0.717) is 67.5 Å². The fourth-order valence-corrected chi connectivity index (χ4v) is 4.28. The second-order valence-corrected chi connectivity index (χ2v) is 9.07. The lowest BCUT2D eigenvalue weighted by Gasteiger charge is -2.31. The van der Waals surface area contributed by atoms with E-state index >= 15 is 0 Å². The Balaban J connectivity index is 1.65. The Morgan fingerprint density at radius 2 is 1.94 bits per heavy atom. The van der Waals surface area contributed by atoms with E-state index in [4.69, 9.17) is 9.72 Å². The first-order chi connectivity index (χ1) is 16.4. The highest BCUT2D eigenvalue weighted by atomic mass is 16.5. The quantitative estimate of drug-likeness (QED) is 0.503. The number of carbonyl (C=O) groups excluding carboxylic acids is 2. The molecule has 0 saturated carbocycles. The van der Waals surface area contributed by atoms with Crippen molar-refractivity contribution in [2.24, 2.45) is 11.8 Å². The highest BCUT2D eigenvalue weighted by molar-refractivity contribution is 5.83. The van der Waals surface area contributed by atoms with Gasteiger partial charge in [0, 0.05) is 19.6 Å². The molecule has 1 saturated heterocycles. The second kappa shape index (κ2) is 10.2. The number of esters is 1. The number of hydrogen-bond acceptors (Lipinski definition) is 7. The van der Waals surface area contributed by atoms with Gasteiger partial charge in [-0.25, -0.2) is 18.9 Å². The van der Waals surface area contributed by atoms with E-state index in [2.05, 4.69) is 29.2 Å². The van der Waals surface area contributed by atoms with Crippen LogP contribution in [-0.4, -0.2) is 57.3 Å². The number of nitrogens with one attached hydrogen (secondary N) is 1. The summed E-state index contributed by atoms with van der Waals surface area (Å²) in [6, 6.07) is 7.39. The van der Waals surface area contributed by atoms with Crippen molar-refractivity contribution < 1.29 is 14.3 Å². The molecule has 1 aliphatic rings. The summed E-state index contributed by atoms with van der Waals surface area (Å²) in [4.78, 5) is 44.7. The molecule has 0 unspecified atom stereocenters. The van der Waals surface area contributed by atoms with Gasteiger partial charge in [0.05, 0.1) is 23.6 Å². The minimum Gasteiger partial charge on any atom is -0.466 e. The molecule has 1 amide bonds. The number of hydrogen-bond donors (Lipinski definition) is 1. The predicted octanol–water partition coefficient (Wildman–Crippen LogP) is 1.99. The standard InChI is InChI=1S/C24H32N6O4/c1-4-34-23(32)17-10-13-28(14-11-17)21-22-27-29(15-20(31)25-12-9-16(2)3)24(33)30(22)19-8-6-5-7-18(19)26-21/h5-8,16-17H,4,9-15H2,1-3H3,(H,25,31). The molecule has 1 fully saturated rings. The van der Waals surface area contributed by atoms with Crippen molar-refractivity contribution in [2.75, 3.05) is 31.1 Å². The lowest BCUT2D eigenvalue weighted by molar-refractivity contribution is -0.148. The van der Waals surface area contributed by atoms with E-state index < -0.39 is 0 Å². The highest BCUT2D eigenvalue weighted by Crippen LogP contribution is 2.27. The fraction of sp³-hybridized carbons (Fsp3) is 0.542. The summed E-state index contributed by atoms with van der Waals surface area (Å²) >= 11 is 0. The highest BCUT2D eigenvalue weighted by Gasteiger charge is 2.29. The van der Waals surface area contributed by atoms with E-state index in [1.54, 1.807) is 6.92 Å². The van der Waals surface area contributed by atoms with Crippen molar-refractivity contribution in [3.63, 3.8) is 0 Å². The molecule has 0 atom stereocenters. The fourth-order valence-electron chi connectivity index (χ4n) is 4.28. The van der Waals surface area contributed by atoms with E-state index in [1.807, 2.05) is 24.3 Å². The Kier molecular flexibility index (Phi) is 7.14. The van der Waals surface area contributed by atoms with Crippen molar-refractivity contribution in [1.82, 2.24) is 24.5 Å². The number of ether oxygens (including phenoxy) is 1. The third kappa shape index (κ3) is 4.90. The Bertz CT molecular complexity index is 1240. The number of aromatic nitrogens is 4. The molecule has 182 valence electrons. The zero-order valence-electron chi connectivity index (χ0n) is 20.0. The minimum absolute atomic E-state index is 0.137. The lowest BCUT2D eigenvalue weighted by Crippen LogP contribution is -2.37. The Labute approximate surface area is 197 Å². The van der Waals surface area contributed by atoms with Gasteiger partial charge in [0.1, 0.15) is 6.54 Å². The molecule has 10 nitrogen and oxygen atoms in total. The summed E-state index contributed by atoms with van der Waals surface area (Å²) < 4.78 is 7.90. The summed E-state index contributed by atoms with van der Waals surface area (Å²) in [5, 5.41) is 7.37. The predicted molar refractivity (Wildman–Crippen MR) is 129 cm³/mol. The van der Waals surface area contributed by atoms with Gasteiger partial charge in [-0.15, -0.1) is 5.10 Å². The summed E-state index contributed by atoms with van der Waals surface area (Å²) in [7, 11) is 0. The monoisotopic (exact) mass is 468 g/mol. The maximum atomic E-state index is 13.3. The number of nitrogens with zero attached hydrogens (tertiary/aromatic N) is 5. The van der Waals surface area contributed by atoms with Gasteiger partial charge in [-0.3, -0.25) is 9.59 Å². The minimum atomic E-state index is -0.379. The molecule has 0 radical (unpaired) electrons. The van der Waals surface area contributed by atoms with E-state index in [9.17, 15) is 14.4 Å². The number of carbonyl (C=O) groups is 2. The smallest absolute Gasteiger partial charge is 0.351 e. The van der Waals surface area contributed by atoms with E-state index in [-0.39, 0.29) is 30.0 Å². The van der Waals surface area contributed by atoms with Crippen LogP contribution in [0.25, 0.3) is 16.7 Å². The summed E-state index contributed by atoms with van der Waals surface area (Å²) in [5.74, 6) is 0.508. The molecule has 2 aromatic heterocycles.